The third-order valence-corrected chi connectivity index (χ3v) is 9.26. The monoisotopic (exact) mass is 651 g/mol. The number of benzene rings is 3. The van der Waals surface area contributed by atoms with Crippen LogP contribution in [0.5, 0.6) is 0 Å². The summed E-state index contributed by atoms with van der Waals surface area (Å²) in [7, 11) is 1.71. The Kier molecular flexibility index (Phi) is 9.06. The Morgan fingerprint density at radius 2 is 1.83 bits per heavy atom. The summed E-state index contributed by atoms with van der Waals surface area (Å²) in [5, 5.41) is 13.1. The number of carboxylic acid groups (broad SMARTS) is 1. The van der Waals surface area contributed by atoms with Gasteiger partial charge in [0.15, 0.2) is 11.6 Å². The van der Waals surface area contributed by atoms with E-state index < -0.39 is 41.4 Å². The van der Waals surface area contributed by atoms with Crippen molar-refractivity contribution in [2.24, 2.45) is 5.16 Å². The molecule has 1 fully saturated rings. The minimum Gasteiger partial charge on any atom is -0.478 e. The number of carbonyl (C=O) groups excluding carboxylic acids is 2. The van der Waals surface area contributed by atoms with Gasteiger partial charge in [-0.1, -0.05) is 41.0 Å². The number of aromatic carboxylic acids is 1. The molecule has 3 aliphatic heterocycles. The second-order valence-electron chi connectivity index (χ2n) is 11.6. The molecule has 2 atom stereocenters. The molecule has 3 aliphatic rings. The van der Waals surface area contributed by atoms with E-state index in [-0.39, 0.29) is 52.9 Å². The van der Waals surface area contributed by atoms with Crippen LogP contribution in [-0.4, -0.2) is 72.3 Å². The van der Waals surface area contributed by atoms with Gasteiger partial charge in [0.2, 0.25) is 6.10 Å². The topological polar surface area (TPSA) is 109 Å². The van der Waals surface area contributed by atoms with Crippen molar-refractivity contribution in [3.8, 4) is 0 Å². The van der Waals surface area contributed by atoms with E-state index in [1.165, 1.54) is 29.2 Å². The number of nitrogens with zero attached hydrogens (tertiary/aromatic N) is 3. The van der Waals surface area contributed by atoms with Gasteiger partial charge >= 0.3 is 5.97 Å². The van der Waals surface area contributed by atoms with Crippen LogP contribution in [0, 0.1) is 11.6 Å². The lowest BCUT2D eigenvalue weighted by Crippen LogP contribution is -2.48. The van der Waals surface area contributed by atoms with Gasteiger partial charge in [-0.3, -0.25) is 9.59 Å². The highest BCUT2D eigenvalue weighted by Crippen LogP contribution is 2.39. The van der Waals surface area contributed by atoms with E-state index in [2.05, 4.69) is 10.1 Å². The average molecular weight is 652 g/mol. The molecule has 240 valence electrons. The van der Waals surface area contributed by atoms with Crippen molar-refractivity contribution in [3.05, 3.63) is 99.1 Å². The minimum absolute atomic E-state index is 0.0199. The number of piperidine rings is 1. The maximum Gasteiger partial charge on any atom is 0.335 e. The normalized spacial score (nSPS) is 19.8. The molecule has 0 radical (unpaired) electrons. The third-order valence-electron chi connectivity index (χ3n) is 8.97. The minimum atomic E-state index is -1.28. The number of anilines is 1. The molecule has 0 spiro atoms. The molecule has 9 nitrogen and oxygen atoms in total. The maximum atomic E-state index is 15.0. The molecule has 0 saturated carbocycles. The number of hydrogen-bond acceptors (Lipinski definition) is 7. The Balaban J connectivity index is 1.31. The first-order chi connectivity index (χ1) is 22.2. The largest absolute Gasteiger partial charge is 0.478 e. The zero-order valence-corrected chi connectivity index (χ0v) is 25.8. The molecule has 3 aromatic carbocycles. The molecule has 0 unspecified atom stereocenters. The number of oxime groups is 1. The lowest BCUT2D eigenvalue weighted by Gasteiger charge is -2.40. The number of methoxy groups -OCH3 is 1. The second-order valence-corrected chi connectivity index (χ2v) is 12.1. The smallest absolute Gasteiger partial charge is 0.335 e. The van der Waals surface area contributed by atoms with Crippen molar-refractivity contribution < 1.29 is 37.8 Å². The quantitative estimate of drug-likeness (QED) is 0.349. The molecule has 1 saturated heterocycles. The molecule has 1 N–H and O–H groups in total. The van der Waals surface area contributed by atoms with E-state index in [9.17, 15) is 28.3 Å². The van der Waals surface area contributed by atoms with Crippen molar-refractivity contribution in [1.82, 2.24) is 4.90 Å². The first-order valence-corrected chi connectivity index (χ1v) is 15.5. The number of halogens is 3. The molecule has 46 heavy (non-hydrogen) atoms. The molecular weight excluding hydrogens is 620 g/mol. The highest BCUT2D eigenvalue weighted by molar-refractivity contribution is 6.31. The molecule has 3 heterocycles. The first kappa shape index (κ1) is 31.6. The highest BCUT2D eigenvalue weighted by Gasteiger charge is 2.42. The van der Waals surface area contributed by atoms with Gasteiger partial charge in [0.1, 0.15) is 11.9 Å². The Morgan fingerprint density at radius 3 is 2.54 bits per heavy atom. The number of hydrogen-bond donors (Lipinski definition) is 1. The van der Waals surface area contributed by atoms with Gasteiger partial charge in [0.05, 0.1) is 22.4 Å². The van der Waals surface area contributed by atoms with E-state index in [0.29, 0.717) is 12.0 Å². The van der Waals surface area contributed by atoms with Crippen molar-refractivity contribution in [2.45, 2.75) is 50.4 Å². The summed E-state index contributed by atoms with van der Waals surface area (Å²) in [4.78, 5) is 48.7. The standard InChI is InChI=1S/C34H32ClF2N3O6/c1-45-21-10-13-39(14-11-21)28-7-3-4-23-22(28)12-15-40(32(23)29(41)17-19-8-9-20(34(43)44)16-26(19)36)33(42)30-18-27(38-46-30)24-5-2-6-25(35)31(24)37/h2-9,16,21,30,32H,10-15,17-18H2,1H3,(H,43,44)/t30-,32+/m1/s1. The van der Waals surface area contributed by atoms with E-state index in [0.717, 1.165) is 43.2 Å². The summed E-state index contributed by atoms with van der Waals surface area (Å²) in [6.07, 6.45) is 0.855. The van der Waals surface area contributed by atoms with Crippen molar-refractivity contribution in [3.63, 3.8) is 0 Å². The van der Waals surface area contributed by atoms with Crippen LogP contribution >= 0.6 is 11.6 Å². The van der Waals surface area contributed by atoms with E-state index in [1.807, 2.05) is 18.2 Å². The lowest BCUT2D eigenvalue weighted by atomic mass is 9.86. The van der Waals surface area contributed by atoms with Gasteiger partial charge < -0.3 is 24.5 Å². The molecule has 1 amide bonds. The van der Waals surface area contributed by atoms with E-state index in [4.69, 9.17) is 21.2 Å². The van der Waals surface area contributed by atoms with Gasteiger partial charge in [-0.15, -0.1) is 0 Å². The summed E-state index contributed by atoms with van der Waals surface area (Å²) in [5.74, 6) is -3.72. The van der Waals surface area contributed by atoms with E-state index in [1.54, 1.807) is 13.2 Å². The predicted molar refractivity (Wildman–Crippen MR) is 166 cm³/mol. The molecular formula is C34H32ClF2N3O6. The zero-order valence-electron chi connectivity index (χ0n) is 25.0. The molecule has 0 aromatic heterocycles. The summed E-state index contributed by atoms with van der Waals surface area (Å²) < 4.78 is 35.2. The van der Waals surface area contributed by atoms with Crippen LogP contribution in [0.25, 0.3) is 0 Å². The zero-order chi connectivity index (χ0) is 32.5. The number of carbonyl (C=O) groups is 3. The van der Waals surface area contributed by atoms with Gasteiger partial charge in [-0.2, -0.15) is 0 Å². The van der Waals surface area contributed by atoms with Gasteiger partial charge in [-0.25, -0.2) is 13.6 Å². The maximum absolute atomic E-state index is 15.0. The average Bonchev–Trinajstić information content (AvgIpc) is 3.56. The van der Waals surface area contributed by atoms with Crippen LogP contribution < -0.4 is 4.90 Å². The van der Waals surface area contributed by atoms with E-state index >= 15 is 0 Å². The fourth-order valence-electron chi connectivity index (χ4n) is 6.55. The van der Waals surface area contributed by atoms with Crippen LogP contribution in [0.1, 0.15) is 57.9 Å². The molecule has 6 rings (SSSR count). The number of amides is 1. The van der Waals surface area contributed by atoms with Crippen molar-refractivity contribution in [1.29, 1.82) is 0 Å². The van der Waals surface area contributed by atoms with Gasteiger partial charge in [-0.05, 0) is 66.3 Å². The first-order valence-electron chi connectivity index (χ1n) is 15.1. The lowest BCUT2D eigenvalue weighted by molar-refractivity contribution is -0.149. The number of carboxylic acids is 1. The Labute approximate surface area is 269 Å². The molecule has 12 heteroatoms. The number of fused-ring (bicyclic) bond motifs is 1. The second kappa shape index (κ2) is 13.2. The van der Waals surface area contributed by atoms with Crippen molar-refractivity contribution in [2.75, 3.05) is 31.6 Å². The van der Waals surface area contributed by atoms with Crippen LogP contribution in [0.15, 0.2) is 59.8 Å². The van der Waals surface area contributed by atoms with Gasteiger partial charge in [0.25, 0.3) is 5.91 Å². The molecule has 0 aliphatic carbocycles. The van der Waals surface area contributed by atoms with Crippen LogP contribution in [0.2, 0.25) is 5.02 Å². The van der Waals surface area contributed by atoms with Crippen molar-refractivity contribution >= 4 is 40.7 Å². The summed E-state index contributed by atoms with van der Waals surface area (Å²) >= 11 is 5.95. The number of rotatable bonds is 8. The Hall–Kier alpha value is -4.35. The SMILES string of the molecule is COC1CCN(c2cccc3c2CCN(C(=O)[C@H]2CC(c4cccc(Cl)c4F)=NO2)[C@@H]3C(=O)Cc2ccc(C(=O)O)cc2F)CC1. The highest BCUT2D eigenvalue weighted by atomic mass is 35.5. The van der Waals surface area contributed by atoms with Crippen LogP contribution in [0.3, 0.4) is 0 Å². The van der Waals surface area contributed by atoms with Crippen LogP contribution in [-0.2, 0) is 32.0 Å². The number of ketones is 1. The fourth-order valence-corrected chi connectivity index (χ4v) is 6.73. The van der Waals surface area contributed by atoms with Crippen LogP contribution in [0.4, 0.5) is 14.5 Å². The summed E-state index contributed by atoms with van der Waals surface area (Å²) in [6.45, 7) is 1.73. The van der Waals surface area contributed by atoms with Gasteiger partial charge in [0, 0.05) is 50.8 Å². The summed E-state index contributed by atoms with van der Waals surface area (Å²) in [5.41, 5.74) is 2.69. The number of Topliss-reactive ketones (excluding diaryl/α,β-unsaturated/α-hetero) is 1. The summed E-state index contributed by atoms with van der Waals surface area (Å²) in [6, 6.07) is 12.5. The number of ether oxygens (including phenoxy) is 1. The molecule has 3 aromatic rings. The Bertz CT molecular complexity index is 1720. The molecule has 0 bridgehead atoms. The third kappa shape index (κ3) is 6.09. The fraction of sp³-hybridized carbons (Fsp3) is 0.353. The Morgan fingerprint density at radius 1 is 1.07 bits per heavy atom. The predicted octanol–water partition coefficient (Wildman–Crippen LogP) is 5.36.